The van der Waals surface area contributed by atoms with E-state index in [1.807, 2.05) is 24.2 Å². The van der Waals surface area contributed by atoms with Crippen LogP contribution in [0.15, 0.2) is 37.2 Å². The van der Waals surface area contributed by atoms with Gasteiger partial charge in [-0.3, -0.25) is 9.78 Å². The topological polar surface area (TPSA) is 68.8 Å². The maximum absolute atomic E-state index is 12.1. The number of likely N-dealkylation sites (tertiary alicyclic amines) is 1. The Bertz CT molecular complexity index is 832. The van der Waals surface area contributed by atoms with E-state index in [1.165, 1.54) is 17.2 Å². The molecule has 0 aliphatic carbocycles. The highest BCUT2D eigenvalue weighted by molar-refractivity contribution is 5.82. The molecule has 1 aliphatic rings. The minimum absolute atomic E-state index is 0.0942. The van der Waals surface area contributed by atoms with Crippen LogP contribution in [0.25, 0.3) is 10.9 Å². The predicted molar refractivity (Wildman–Crippen MR) is 84.5 cm³/mol. The van der Waals surface area contributed by atoms with Crippen molar-refractivity contribution in [2.24, 2.45) is 13.0 Å². The number of amides is 1. The number of hydrogen-bond acceptors (Lipinski definition) is 4. The maximum atomic E-state index is 12.1. The zero-order chi connectivity index (χ0) is 15.8. The second-order valence-electron chi connectivity index (χ2n) is 6.08. The number of hydrogen-bond donors (Lipinski definition) is 0. The Balaban J connectivity index is 1.38. The van der Waals surface area contributed by atoms with Crippen LogP contribution in [0.1, 0.15) is 5.69 Å². The van der Waals surface area contributed by atoms with E-state index in [1.54, 1.807) is 11.0 Å². The first-order valence-corrected chi connectivity index (χ1v) is 7.70. The zero-order valence-corrected chi connectivity index (χ0v) is 13.0. The standard InChI is InChI=1S/C16H18N6O/c1-20-5-3-13-2-4-18-14(16(13)20)6-12-7-21(8-12)15(23)9-22-11-17-10-19-22/h2-5,10-12H,6-9H2,1H3. The molecule has 1 saturated heterocycles. The summed E-state index contributed by atoms with van der Waals surface area (Å²) in [6, 6.07) is 4.14. The number of fused-ring (bicyclic) bond motifs is 1. The molecule has 7 nitrogen and oxygen atoms in total. The van der Waals surface area contributed by atoms with Gasteiger partial charge in [-0.1, -0.05) is 0 Å². The van der Waals surface area contributed by atoms with Gasteiger partial charge < -0.3 is 9.47 Å². The van der Waals surface area contributed by atoms with Crippen molar-refractivity contribution in [2.45, 2.75) is 13.0 Å². The fraction of sp³-hybridized carbons (Fsp3) is 0.375. The first-order valence-electron chi connectivity index (χ1n) is 7.70. The number of pyridine rings is 1. The summed E-state index contributed by atoms with van der Waals surface area (Å²) >= 11 is 0. The molecular formula is C16H18N6O. The molecule has 23 heavy (non-hydrogen) atoms. The van der Waals surface area contributed by atoms with Crippen LogP contribution in [0.2, 0.25) is 0 Å². The minimum atomic E-state index is 0.0942. The predicted octanol–water partition coefficient (Wildman–Crippen LogP) is 0.866. The lowest BCUT2D eigenvalue weighted by atomic mass is 9.93. The lowest BCUT2D eigenvalue weighted by Crippen LogP contribution is -2.51. The van der Waals surface area contributed by atoms with Gasteiger partial charge in [-0.05, 0) is 24.5 Å². The van der Waals surface area contributed by atoms with Crippen molar-refractivity contribution < 1.29 is 4.79 Å². The first-order chi connectivity index (χ1) is 11.2. The number of carbonyl (C=O) groups is 1. The summed E-state index contributed by atoms with van der Waals surface area (Å²) in [4.78, 5) is 22.4. The van der Waals surface area contributed by atoms with Crippen LogP contribution >= 0.6 is 0 Å². The first kappa shape index (κ1) is 13.9. The molecule has 7 heteroatoms. The second kappa shape index (κ2) is 5.49. The van der Waals surface area contributed by atoms with Gasteiger partial charge in [0.05, 0.1) is 11.2 Å². The Hall–Kier alpha value is -2.70. The average molecular weight is 310 g/mol. The van der Waals surface area contributed by atoms with Gasteiger partial charge in [-0.15, -0.1) is 0 Å². The van der Waals surface area contributed by atoms with Crippen molar-refractivity contribution in [1.82, 2.24) is 29.2 Å². The molecule has 0 unspecified atom stereocenters. The lowest BCUT2D eigenvalue weighted by Gasteiger charge is -2.39. The summed E-state index contributed by atoms with van der Waals surface area (Å²) in [5.74, 6) is 0.569. The second-order valence-corrected chi connectivity index (χ2v) is 6.08. The zero-order valence-electron chi connectivity index (χ0n) is 13.0. The smallest absolute Gasteiger partial charge is 0.244 e. The van der Waals surface area contributed by atoms with Crippen LogP contribution in [-0.2, 0) is 24.8 Å². The molecule has 3 aromatic rings. The fourth-order valence-electron chi connectivity index (χ4n) is 3.20. The molecule has 0 bridgehead atoms. The van der Waals surface area contributed by atoms with Crippen LogP contribution in [0.3, 0.4) is 0 Å². The molecule has 118 valence electrons. The Morgan fingerprint density at radius 3 is 3.00 bits per heavy atom. The van der Waals surface area contributed by atoms with Crippen LogP contribution in [-0.4, -0.2) is 48.2 Å². The van der Waals surface area contributed by atoms with Gasteiger partial charge in [0.15, 0.2) is 0 Å². The van der Waals surface area contributed by atoms with Gasteiger partial charge in [-0.25, -0.2) is 9.67 Å². The Kier molecular flexibility index (Phi) is 3.33. The third-order valence-corrected chi connectivity index (χ3v) is 4.42. The van der Waals surface area contributed by atoms with Crippen molar-refractivity contribution in [2.75, 3.05) is 13.1 Å². The van der Waals surface area contributed by atoms with Crippen molar-refractivity contribution in [1.29, 1.82) is 0 Å². The summed E-state index contributed by atoms with van der Waals surface area (Å²) in [5, 5.41) is 5.19. The molecule has 1 fully saturated rings. The molecule has 0 aromatic carbocycles. The molecule has 4 heterocycles. The summed E-state index contributed by atoms with van der Waals surface area (Å²) in [6.45, 7) is 1.84. The van der Waals surface area contributed by atoms with E-state index < -0.39 is 0 Å². The largest absolute Gasteiger partial charge is 0.349 e. The molecule has 0 atom stereocenters. The molecule has 1 aliphatic heterocycles. The molecule has 0 radical (unpaired) electrons. The van der Waals surface area contributed by atoms with Gasteiger partial charge in [0, 0.05) is 37.9 Å². The van der Waals surface area contributed by atoms with Crippen molar-refractivity contribution in [3.63, 3.8) is 0 Å². The molecule has 0 spiro atoms. The third-order valence-electron chi connectivity index (χ3n) is 4.42. The SMILES string of the molecule is Cn1ccc2ccnc(CC3CN(C(=O)Cn4cncn4)C3)c21. The highest BCUT2D eigenvalue weighted by Gasteiger charge is 2.31. The van der Waals surface area contributed by atoms with E-state index in [-0.39, 0.29) is 12.5 Å². The van der Waals surface area contributed by atoms with E-state index in [9.17, 15) is 4.79 Å². The fourth-order valence-corrected chi connectivity index (χ4v) is 3.20. The molecule has 0 N–H and O–H groups in total. The number of rotatable bonds is 4. The Morgan fingerprint density at radius 2 is 2.22 bits per heavy atom. The van der Waals surface area contributed by atoms with Crippen LogP contribution < -0.4 is 0 Å². The minimum Gasteiger partial charge on any atom is -0.349 e. The van der Waals surface area contributed by atoms with Gasteiger partial charge in [0.1, 0.15) is 19.2 Å². The number of aryl methyl sites for hydroxylation is 1. The molecule has 0 saturated carbocycles. The number of carbonyl (C=O) groups excluding carboxylic acids is 1. The van der Waals surface area contributed by atoms with Crippen molar-refractivity contribution >= 4 is 16.8 Å². The van der Waals surface area contributed by atoms with Gasteiger partial charge >= 0.3 is 0 Å². The summed E-state index contributed by atoms with van der Waals surface area (Å²) in [7, 11) is 2.04. The number of nitrogens with zero attached hydrogens (tertiary/aromatic N) is 6. The summed E-state index contributed by atoms with van der Waals surface area (Å²) in [5.41, 5.74) is 2.31. The van der Waals surface area contributed by atoms with Gasteiger partial charge in [0.2, 0.25) is 5.91 Å². The quantitative estimate of drug-likeness (QED) is 0.717. The van der Waals surface area contributed by atoms with E-state index in [0.29, 0.717) is 5.92 Å². The summed E-state index contributed by atoms with van der Waals surface area (Å²) in [6.07, 6.45) is 7.84. The van der Waals surface area contributed by atoms with Crippen LogP contribution in [0.5, 0.6) is 0 Å². The van der Waals surface area contributed by atoms with Crippen molar-refractivity contribution in [3.05, 3.63) is 42.9 Å². The normalized spacial score (nSPS) is 15.1. The Morgan fingerprint density at radius 1 is 1.35 bits per heavy atom. The molecule has 3 aromatic heterocycles. The maximum Gasteiger partial charge on any atom is 0.244 e. The highest BCUT2D eigenvalue weighted by atomic mass is 16.2. The summed E-state index contributed by atoms with van der Waals surface area (Å²) < 4.78 is 3.67. The lowest BCUT2D eigenvalue weighted by molar-refractivity contribution is -0.138. The molecule has 1 amide bonds. The van der Waals surface area contributed by atoms with E-state index in [2.05, 4.69) is 31.9 Å². The monoisotopic (exact) mass is 310 g/mol. The molecule has 4 rings (SSSR count). The molecular weight excluding hydrogens is 292 g/mol. The van der Waals surface area contributed by atoms with Gasteiger partial charge in [-0.2, -0.15) is 5.10 Å². The number of aromatic nitrogens is 5. The van der Waals surface area contributed by atoms with Crippen LogP contribution in [0.4, 0.5) is 0 Å². The average Bonchev–Trinajstić information content (AvgIpc) is 3.13. The van der Waals surface area contributed by atoms with E-state index in [0.717, 1.165) is 25.2 Å². The third kappa shape index (κ3) is 2.58. The van der Waals surface area contributed by atoms with Crippen molar-refractivity contribution in [3.8, 4) is 0 Å². The van der Waals surface area contributed by atoms with E-state index >= 15 is 0 Å². The Labute approximate surface area is 133 Å². The van der Waals surface area contributed by atoms with E-state index in [4.69, 9.17) is 0 Å². The van der Waals surface area contributed by atoms with Gasteiger partial charge in [0.25, 0.3) is 0 Å². The highest BCUT2D eigenvalue weighted by Crippen LogP contribution is 2.24. The van der Waals surface area contributed by atoms with Crippen LogP contribution in [0, 0.1) is 5.92 Å².